The Balaban J connectivity index is 1.91. The largest absolute Gasteiger partial charge is 0.380 e. The van der Waals surface area contributed by atoms with Crippen LogP contribution in [-0.2, 0) is 12.0 Å². The highest BCUT2D eigenvalue weighted by Gasteiger charge is 2.32. The van der Waals surface area contributed by atoms with Crippen molar-refractivity contribution in [3.63, 3.8) is 0 Å². The number of carbonyl (C=O) groups is 1. The lowest BCUT2D eigenvalue weighted by Gasteiger charge is -2.29. The monoisotopic (exact) mass is 395 g/mol. The van der Waals surface area contributed by atoms with E-state index in [0.29, 0.717) is 29.5 Å². The molecule has 0 aliphatic heterocycles. The number of hydrogen-bond donors (Lipinski definition) is 3. The number of H-pyrrole nitrogens is 1. The van der Waals surface area contributed by atoms with Crippen LogP contribution in [0.25, 0.3) is 0 Å². The van der Waals surface area contributed by atoms with Crippen molar-refractivity contribution >= 4 is 5.91 Å². The van der Waals surface area contributed by atoms with E-state index in [1.54, 1.807) is 48.9 Å². The van der Waals surface area contributed by atoms with Crippen LogP contribution in [0.5, 0.6) is 0 Å². The van der Waals surface area contributed by atoms with Crippen molar-refractivity contribution < 1.29 is 14.3 Å². The van der Waals surface area contributed by atoms with Crippen LogP contribution in [0.15, 0.2) is 61.1 Å². The summed E-state index contributed by atoms with van der Waals surface area (Å²) in [7, 11) is 0. The highest BCUT2D eigenvalue weighted by atomic mass is 19.1. The van der Waals surface area contributed by atoms with Gasteiger partial charge in [-0.05, 0) is 69.0 Å². The van der Waals surface area contributed by atoms with Crippen molar-refractivity contribution in [1.82, 2.24) is 15.3 Å². The Morgan fingerprint density at radius 2 is 1.66 bits per heavy atom. The lowest BCUT2D eigenvalue weighted by atomic mass is 9.82. The predicted molar refractivity (Wildman–Crippen MR) is 110 cm³/mol. The van der Waals surface area contributed by atoms with Gasteiger partial charge in [0.15, 0.2) is 0 Å². The third-order valence-corrected chi connectivity index (χ3v) is 4.73. The Kier molecular flexibility index (Phi) is 5.84. The smallest absolute Gasteiger partial charge is 0.251 e. The third kappa shape index (κ3) is 5.09. The first-order valence-corrected chi connectivity index (χ1v) is 9.56. The molecule has 0 aliphatic carbocycles. The molecular formula is C23H26FN3O2. The molecule has 152 valence electrons. The van der Waals surface area contributed by atoms with Gasteiger partial charge in [0.2, 0.25) is 0 Å². The fourth-order valence-corrected chi connectivity index (χ4v) is 3.23. The van der Waals surface area contributed by atoms with Gasteiger partial charge in [0.1, 0.15) is 11.4 Å². The number of amides is 1. The number of aryl methyl sites for hydroxylation is 1. The van der Waals surface area contributed by atoms with Crippen molar-refractivity contribution in [3.05, 3.63) is 89.3 Å². The molecule has 0 bridgehead atoms. The second-order valence-electron chi connectivity index (χ2n) is 8.21. The number of aromatic nitrogens is 2. The molecule has 6 heteroatoms. The van der Waals surface area contributed by atoms with E-state index >= 15 is 0 Å². The van der Waals surface area contributed by atoms with E-state index in [1.165, 1.54) is 12.1 Å². The van der Waals surface area contributed by atoms with Crippen molar-refractivity contribution in [2.45, 2.75) is 44.8 Å². The predicted octanol–water partition coefficient (Wildman–Crippen LogP) is 3.95. The molecule has 0 saturated carbocycles. The van der Waals surface area contributed by atoms with Crippen LogP contribution in [0.1, 0.15) is 54.4 Å². The molecule has 1 aromatic heterocycles. The van der Waals surface area contributed by atoms with Crippen molar-refractivity contribution in [1.29, 1.82) is 0 Å². The fraction of sp³-hybridized carbons (Fsp3) is 0.304. The van der Waals surface area contributed by atoms with Crippen LogP contribution in [0.3, 0.4) is 0 Å². The van der Waals surface area contributed by atoms with E-state index in [9.17, 15) is 14.3 Å². The van der Waals surface area contributed by atoms with Gasteiger partial charge >= 0.3 is 0 Å². The first kappa shape index (κ1) is 20.7. The van der Waals surface area contributed by atoms with Crippen LogP contribution >= 0.6 is 0 Å². The zero-order chi connectivity index (χ0) is 21.1. The molecule has 2 aromatic carbocycles. The molecule has 1 atom stereocenters. The van der Waals surface area contributed by atoms with Gasteiger partial charge < -0.3 is 15.4 Å². The van der Waals surface area contributed by atoms with Gasteiger partial charge in [-0.15, -0.1) is 0 Å². The number of hydrogen-bond acceptors (Lipinski definition) is 3. The molecule has 1 unspecified atom stereocenters. The Morgan fingerprint density at radius 3 is 2.17 bits per heavy atom. The van der Waals surface area contributed by atoms with E-state index in [2.05, 4.69) is 15.3 Å². The molecule has 0 fully saturated rings. The SMILES string of the molecule is CC(C)(C)NC(=O)c1ccc(C(O)(CCc2c[nH]cn2)c2ccc(F)cc2)cc1. The minimum Gasteiger partial charge on any atom is -0.380 e. The average molecular weight is 395 g/mol. The number of aliphatic hydroxyl groups is 1. The molecular weight excluding hydrogens is 369 g/mol. The minimum atomic E-state index is -1.34. The summed E-state index contributed by atoms with van der Waals surface area (Å²) in [5.41, 5.74) is 0.872. The number of halogens is 1. The van der Waals surface area contributed by atoms with E-state index in [1.807, 2.05) is 20.8 Å². The number of rotatable bonds is 6. The zero-order valence-electron chi connectivity index (χ0n) is 16.9. The molecule has 0 spiro atoms. The summed E-state index contributed by atoms with van der Waals surface area (Å²) >= 11 is 0. The van der Waals surface area contributed by atoms with Crippen molar-refractivity contribution in [2.75, 3.05) is 0 Å². The lowest BCUT2D eigenvalue weighted by molar-refractivity contribution is 0.0708. The number of nitrogens with zero attached hydrogens (tertiary/aromatic N) is 1. The molecule has 1 amide bonds. The van der Waals surface area contributed by atoms with Gasteiger partial charge in [0, 0.05) is 17.3 Å². The maximum absolute atomic E-state index is 13.4. The molecule has 0 aliphatic rings. The quantitative estimate of drug-likeness (QED) is 0.591. The van der Waals surface area contributed by atoms with Gasteiger partial charge in [-0.1, -0.05) is 24.3 Å². The third-order valence-electron chi connectivity index (χ3n) is 4.73. The maximum atomic E-state index is 13.4. The summed E-state index contributed by atoms with van der Waals surface area (Å²) in [6, 6.07) is 12.7. The highest BCUT2D eigenvalue weighted by molar-refractivity contribution is 5.94. The van der Waals surface area contributed by atoms with E-state index in [-0.39, 0.29) is 17.3 Å². The molecule has 29 heavy (non-hydrogen) atoms. The Bertz CT molecular complexity index is 945. The number of imidazole rings is 1. The molecule has 0 radical (unpaired) electrons. The van der Waals surface area contributed by atoms with Crippen LogP contribution in [0, 0.1) is 5.82 Å². The average Bonchev–Trinajstić information content (AvgIpc) is 3.19. The summed E-state index contributed by atoms with van der Waals surface area (Å²) in [5, 5.41) is 14.5. The van der Waals surface area contributed by atoms with E-state index < -0.39 is 5.60 Å². The van der Waals surface area contributed by atoms with Crippen LogP contribution in [0.4, 0.5) is 4.39 Å². The number of benzene rings is 2. The zero-order valence-corrected chi connectivity index (χ0v) is 16.9. The van der Waals surface area contributed by atoms with E-state index in [4.69, 9.17) is 0 Å². The second kappa shape index (κ2) is 8.17. The normalized spacial score (nSPS) is 13.7. The van der Waals surface area contributed by atoms with Crippen LogP contribution < -0.4 is 5.32 Å². The lowest BCUT2D eigenvalue weighted by Crippen LogP contribution is -2.40. The molecule has 3 N–H and O–H groups in total. The standard InChI is InChI=1S/C23H26FN3O2/c1-22(2,3)27-21(28)16-4-6-17(7-5-16)23(29,13-12-20-14-25-15-26-20)18-8-10-19(24)11-9-18/h4-11,14-15,29H,12-13H2,1-3H3,(H,25,26)(H,27,28). The molecule has 5 nitrogen and oxygen atoms in total. The Labute approximate surface area is 170 Å². The number of aromatic amines is 1. The van der Waals surface area contributed by atoms with Gasteiger partial charge in [0.05, 0.1) is 12.0 Å². The van der Waals surface area contributed by atoms with Crippen molar-refractivity contribution in [2.24, 2.45) is 0 Å². The van der Waals surface area contributed by atoms with Gasteiger partial charge in [-0.2, -0.15) is 0 Å². The van der Waals surface area contributed by atoms with Crippen molar-refractivity contribution in [3.8, 4) is 0 Å². The van der Waals surface area contributed by atoms with E-state index in [0.717, 1.165) is 5.69 Å². The van der Waals surface area contributed by atoms with Crippen LogP contribution in [0.2, 0.25) is 0 Å². The fourth-order valence-electron chi connectivity index (χ4n) is 3.23. The highest BCUT2D eigenvalue weighted by Crippen LogP contribution is 2.34. The van der Waals surface area contributed by atoms with Crippen LogP contribution in [-0.4, -0.2) is 26.5 Å². The summed E-state index contributed by atoms with van der Waals surface area (Å²) in [6.45, 7) is 5.75. The van der Waals surface area contributed by atoms with Gasteiger partial charge in [0.25, 0.3) is 5.91 Å². The first-order valence-electron chi connectivity index (χ1n) is 9.56. The Morgan fingerprint density at radius 1 is 1.07 bits per heavy atom. The summed E-state index contributed by atoms with van der Waals surface area (Å²) in [4.78, 5) is 19.5. The second-order valence-corrected chi connectivity index (χ2v) is 8.21. The van der Waals surface area contributed by atoms with Gasteiger partial charge in [-0.3, -0.25) is 4.79 Å². The number of carbonyl (C=O) groups excluding carboxylic acids is 1. The molecule has 0 saturated heterocycles. The minimum absolute atomic E-state index is 0.175. The summed E-state index contributed by atoms with van der Waals surface area (Å²) in [5.74, 6) is -0.538. The molecule has 3 rings (SSSR count). The topological polar surface area (TPSA) is 78.0 Å². The summed E-state index contributed by atoms with van der Waals surface area (Å²) in [6.07, 6.45) is 4.26. The maximum Gasteiger partial charge on any atom is 0.251 e. The first-order chi connectivity index (χ1) is 13.7. The van der Waals surface area contributed by atoms with Gasteiger partial charge in [-0.25, -0.2) is 9.37 Å². The summed E-state index contributed by atoms with van der Waals surface area (Å²) < 4.78 is 13.4. The number of nitrogens with one attached hydrogen (secondary N) is 2. The Hall–Kier alpha value is -2.99. The molecule has 3 aromatic rings. The molecule has 1 heterocycles.